The summed E-state index contributed by atoms with van der Waals surface area (Å²) in [6.45, 7) is 0. The maximum absolute atomic E-state index is 12.4. The van der Waals surface area contributed by atoms with Crippen molar-refractivity contribution >= 4 is 18.0 Å². The van der Waals surface area contributed by atoms with Gasteiger partial charge in [-0.1, -0.05) is 12.2 Å². The van der Waals surface area contributed by atoms with Crippen molar-refractivity contribution in [2.45, 2.75) is 6.42 Å². The van der Waals surface area contributed by atoms with Gasteiger partial charge in [-0.25, -0.2) is 0 Å². The summed E-state index contributed by atoms with van der Waals surface area (Å²) in [4.78, 5) is 24.9. The van der Waals surface area contributed by atoms with Crippen LogP contribution in [0.5, 0.6) is 5.75 Å². The van der Waals surface area contributed by atoms with Crippen LogP contribution < -0.4 is 4.74 Å². The Morgan fingerprint density at radius 2 is 1.68 bits per heavy atom. The molecule has 0 unspecified atom stereocenters. The van der Waals surface area contributed by atoms with Crippen LogP contribution in [0.25, 0.3) is 0 Å². The summed E-state index contributed by atoms with van der Waals surface area (Å²) in [7, 11) is 1.60. The number of carbonyl (C=O) groups excluding carboxylic acids is 2. The first-order valence-corrected chi connectivity index (χ1v) is 7.43. The van der Waals surface area contributed by atoms with E-state index in [0.717, 1.165) is 22.7 Å². The second-order valence-corrected chi connectivity index (χ2v) is 6.01. The van der Waals surface area contributed by atoms with Gasteiger partial charge in [-0.05, 0) is 48.1 Å². The molecule has 0 N–H and O–H groups in total. The number of fused-ring (bicyclic) bond motifs is 5. The molecule has 0 radical (unpaired) electrons. The molecule has 1 saturated carbocycles. The molecule has 22 heavy (non-hydrogen) atoms. The Hall–Kier alpha value is -2.43. The topological polar surface area (TPSA) is 59.0 Å². The minimum absolute atomic E-state index is 0.156. The van der Waals surface area contributed by atoms with Crippen LogP contribution >= 0.6 is 0 Å². The number of nitrogens with zero attached hydrogens (tertiary/aromatic N) is 2. The maximum atomic E-state index is 12.4. The van der Waals surface area contributed by atoms with Gasteiger partial charge in [0.25, 0.3) is 11.8 Å². The highest BCUT2D eigenvalue weighted by molar-refractivity contribution is 6.06. The number of amides is 2. The largest absolute Gasteiger partial charge is 0.497 e. The molecule has 112 valence electrons. The molecular weight excluding hydrogens is 280 g/mol. The molecule has 4 atom stereocenters. The molecule has 1 aromatic carbocycles. The molecular formula is C17H16N2O3. The molecule has 4 rings (SSSR count). The van der Waals surface area contributed by atoms with Gasteiger partial charge in [0.1, 0.15) is 5.75 Å². The van der Waals surface area contributed by atoms with E-state index < -0.39 is 0 Å². The quantitative estimate of drug-likeness (QED) is 0.486. The van der Waals surface area contributed by atoms with Crippen LogP contribution in [0.1, 0.15) is 12.0 Å². The maximum Gasteiger partial charge on any atom is 0.254 e. The van der Waals surface area contributed by atoms with E-state index in [4.69, 9.17) is 4.74 Å². The Morgan fingerprint density at radius 1 is 1.09 bits per heavy atom. The first-order chi connectivity index (χ1) is 10.7. The van der Waals surface area contributed by atoms with Crippen LogP contribution in [0.4, 0.5) is 0 Å². The minimum atomic E-state index is -0.199. The molecule has 0 aromatic heterocycles. The first-order valence-electron chi connectivity index (χ1n) is 7.43. The number of rotatable bonds is 3. The summed E-state index contributed by atoms with van der Waals surface area (Å²) < 4.78 is 5.09. The van der Waals surface area contributed by atoms with Crippen LogP contribution in [0.3, 0.4) is 0 Å². The van der Waals surface area contributed by atoms with Gasteiger partial charge in [0.05, 0.1) is 25.2 Å². The summed E-state index contributed by atoms with van der Waals surface area (Å²) >= 11 is 0. The van der Waals surface area contributed by atoms with Gasteiger partial charge in [-0.15, -0.1) is 0 Å². The van der Waals surface area contributed by atoms with Crippen molar-refractivity contribution < 1.29 is 14.3 Å². The lowest BCUT2D eigenvalue weighted by molar-refractivity contribution is -0.140. The van der Waals surface area contributed by atoms with Crippen LogP contribution in [0, 0.1) is 23.7 Å². The summed E-state index contributed by atoms with van der Waals surface area (Å²) in [6.07, 6.45) is 6.63. The van der Waals surface area contributed by atoms with Gasteiger partial charge in [0.15, 0.2) is 0 Å². The molecule has 1 aliphatic heterocycles. The van der Waals surface area contributed by atoms with Crippen molar-refractivity contribution in [3.8, 4) is 5.75 Å². The van der Waals surface area contributed by atoms with E-state index in [1.54, 1.807) is 13.3 Å². The second-order valence-electron chi connectivity index (χ2n) is 6.01. The smallest absolute Gasteiger partial charge is 0.254 e. The van der Waals surface area contributed by atoms with E-state index >= 15 is 0 Å². The fourth-order valence-electron chi connectivity index (χ4n) is 3.81. The van der Waals surface area contributed by atoms with Crippen molar-refractivity contribution in [2.24, 2.45) is 28.8 Å². The summed E-state index contributed by atoms with van der Waals surface area (Å²) in [5, 5.41) is 5.19. The molecule has 1 saturated heterocycles. The predicted molar refractivity (Wildman–Crippen MR) is 80.2 cm³/mol. The highest BCUT2D eigenvalue weighted by atomic mass is 16.5. The van der Waals surface area contributed by atoms with E-state index in [-0.39, 0.29) is 35.5 Å². The number of carbonyl (C=O) groups is 2. The van der Waals surface area contributed by atoms with Crippen LogP contribution in [-0.2, 0) is 9.59 Å². The van der Waals surface area contributed by atoms with Crippen LogP contribution in [-0.4, -0.2) is 30.1 Å². The van der Waals surface area contributed by atoms with Crippen molar-refractivity contribution in [3.05, 3.63) is 42.0 Å². The zero-order chi connectivity index (χ0) is 15.3. The Morgan fingerprint density at radius 3 is 2.23 bits per heavy atom. The number of imide groups is 1. The number of benzene rings is 1. The molecule has 2 amide bonds. The predicted octanol–water partition coefficient (Wildman–Crippen LogP) is 1.84. The van der Waals surface area contributed by atoms with E-state index in [9.17, 15) is 9.59 Å². The summed E-state index contributed by atoms with van der Waals surface area (Å²) in [5.41, 5.74) is 0.819. The lowest BCUT2D eigenvalue weighted by Gasteiger charge is -2.13. The number of hydrogen-bond acceptors (Lipinski definition) is 4. The Kier molecular flexibility index (Phi) is 2.89. The third-order valence-corrected chi connectivity index (χ3v) is 4.89. The number of allylic oxidation sites excluding steroid dienone is 2. The highest BCUT2D eigenvalue weighted by Crippen LogP contribution is 2.52. The van der Waals surface area contributed by atoms with Gasteiger partial charge in [-0.3, -0.25) is 9.59 Å². The fourth-order valence-corrected chi connectivity index (χ4v) is 3.81. The number of ether oxygens (including phenoxy) is 1. The molecule has 0 spiro atoms. The third kappa shape index (κ3) is 1.81. The molecule has 5 heteroatoms. The highest BCUT2D eigenvalue weighted by Gasteiger charge is 2.59. The molecule has 2 bridgehead atoms. The average molecular weight is 296 g/mol. The van der Waals surface area contributed by atoms with E-state index in [1.165, 1.54) is 0 Å². The lowest BCUT2D eigenvalue weighted by atomic mass is 9.85. The van der Waals surface area contributed by atoms with Crippen molar-refractivity contribution in [1.29, 1.82) is 0 Å². The standard InChI is InChI=1S/C17H16N2O3/c1-22-13-6-2-10(3-7-13)9-18-19-16(20)14-11-4-5-12(8-11)15(14)17(19)21/h2-7,9,11-12,14-15H,8H2,1H3/b18-9-/t11-,12-,14-,15+/m0/s1. The number of hydrazone groups is 1. The zero-order valence-electron chi connectivity index (χ0n) is 12.2. The van der Waals surface area contributed by atoms with Gasteiger partial charge >= 0.3 is 0 Å². The minimum Gasteiger partial charge on any atom is -0.497 e. The van der Waals surface area contributed by atoms with E-state index in [0.29, 0.717) is 0 Å². The Bertz CT molecular complexity index is 662. The fraction of sp³-hybridized carbons (Fsp3) is 0.353. The molecule has 2 fully saturated rings. The molecule has 3 aliphatic rings. The van der Waals surface area contributed by atoms with E-state index in [2.05, 4.69) is 17.3 Å². The number of hydrogen-bond donors (Lipinski definition) is 0. The first kappa shape index (κ1) is 13.2. The second kappa shape index (κ2) is 4.80. The zero-order valence-corrected chi connectivity index (χ0v) is 12.2. The lowest BCUT2D eigenvalue weighted by Crippen LogP contribution is -2.28. The van der Waals surface area contributed by atoms with Crippen molar-refractivity contribution in [1.82, 2.24) is 5.01 Å². The summed E-state index contributed by atoms with van der Waals surface area (Å²) in [5.74, 6) is 0.474. The SMILES string of the molecule is COc1ccc(/C=N\N2C(=O)[C@@H]3[C@H](C2=O)[C@H]2C=C[C@H]3C2)cc1. The summed E-state index contributed by atoms with van der Waals surface area (Å²) in [6, 6.07) is 7.29. The van der Waals surface area contributed by atoms with Crippen molar-refractivity contribution in [2.75, 3.05) is 7.11 Å². The number of methoxy groups -OCH3 is 1. The average Bonchev–Trinajstić information content (AvgIpc) is 3.21. The van der Waals surface area contributed by atoms with Gasteiger partial charge in [0.2, 0.25) is 0 Å². The third-order valence-electron chi connectivity index (χ3n) is 4.89. The van der Waals surface area contributed by atoms with Crippen LogP contribution in [0.15, 0.2) is 41.5 Å². The Labute approximate surface area is 128 Å². The molecule has 5 nitrogen and oxygen atoms in total. The van der Waals surface area contributed by atoms with Gasteiger partial charge in [0, 0.05) is 0 Å². The molecule has 1 heterocycles. The monoisotopic (exact) mass is 296 g/mol. The van der Waals surface area contributed by atoms with Gasteiger partial charge < -0.3 is 4.74 Å². The molecule has 2 aliphatic carbocycles. The van der Waals surface area contributed by atoms with Crippen LogP contribution in [0.2, 0.25) is 0 Å². The van der Waals surface area contributed by atoms with E-state index in [1.807, 2.05) is 24.3 Å². The van der Waals surface area contributed by atoms with Gasteiger partial charge in [-0.2, -0.15) is 10.1 Å². The Balaban J connectivity index is 1.55. The van der Waals surface area contributed by atoms with Crippen molar-refractivity contribution in [3.63, 3.8) is 0 Å². The normalized spacial score (nSPS) is 32.3. The molecule has 1 aromatic rings.